The predicted molar refractivity (Wildman–Crippen MR) is 100 cm³/mol. The van der Waals surface area contributed by atoms with Crippen LogP contribution in [0.15, 0.2) is 41.0 Å². The van der Waals surface area contributed by atoms with E-state index < -0.39 is 0 Å². The standard InChI is InChI=1S/C17H21N7S/c1-12-22-15(10-25-12)9-24(3)17(18-2)19-8-13-5-4-6-14(7-13)16-20-11-21-23-16/h4-7,10-11H,8-9H2,1-3H3,(H,18,19)(H,20,21,23). The lowest BCUT2D eigenvalue weighted by Crippen LogP contribution is -2.38. The molecule has 0 spiro atoms. The average molecular weight is 355 g/mol. The van der Waals surface area contributed by atoms with Crippen LogP contribution in [0.2, 0.25) is 0 Å². The Morgan fingerprint density at radius 3 is 2.96 bits per heavy atom. The Labute approximate surface area is 150 Å². The van der Waals surface area contributed by atoms with Gasteiger partial charge in [0.1, 0.15) is 6.33 Å². The molecule has 7 nitrogen and oxygen atoms in total. The van der Waals surface area contributed by atoms with Crippen LogP contribution in [0, 0.1) is 6.92 Å². The minimum atomic E-state index is 0.676. The highest BCUT2D eigenvalue weighted by molar-refractivity contribution is 7.09. The lowest BCUT2D eigenvalue weighted by molar-refractivity contribution is 0.470. The zero-order valence-electron chi connectivity index (χ0n) is 14.5. The third kappa shape index (κ3) is 4.42. The number of aromatic nitrogens is 4. The molecule has 0 bridgehead atoms. The SMILES string of the molecule is CN=C(NCc1cccc(-c2ncn[nH]2)c1)N(C)Cc1csc(C)n1. The number of aryl methyl sites for hydroxylation is 1. The highest BCUT2D eigenvalue weighted by Gasteiger charge is 2.09. The minimum Gasteiger partial charge on any atom is -0.352 e. The number of benzene rings is 1. The lowest BCUT2D eigenvalue weighted by atomic mass is 10.1. The molecule has 0 aliphatic heterocycles. The summed E-state index contributed by atoms with van der Waals surface area (Å²) < 4.78 is 0. The summed E-state index contributed by atoms with van der Waals surface area (Å²) in [5.41, 5.74) is 3.21. The van der Waals surface area contributed by atoms with Gasteiger partial charge in [-0.3, -0.25) is 10.1 Å². The molecule has 0 aliphatic carbocycles. The lowest BCUT2D eigenvalue weighted by Gasteiger charge is -2.21. The first-order chi connectivity index (χ1) is 12.2. The fraction of sp³-hybridized carbons (Fsp3) is 0.294. The Morgan fingerprint density at radius 2 is 2.28 bits per heavy atom. The number of hydrogen-bond acceptors (Lipinski definition) is 5. The van der Waals surface area contributed by atoms with E-state index in [-0.39, 0.29) is 0 Å². The summed E-state index contributed by atoms with van der Waals surface area (Å²) >= 11 is 1.66. The number of H-pyrrole nitrogens is 1. The Balaban J connectivity index is 1.62. The van der Waals surface area contributed by atoms with Crippen molar-refractivity contribution in [1.82, 2.24) is 30.4 Å². The van der Waals surface area contributed by atoms with Gasteiger partial charge in [0.05, 0.1) is 17.2 Å². The molecule has 130 valence electrons. The quantitative estimate of drug-likeness (QED) is 0.543. The Kier molecular flexibility index (Phi) is 5.39. The largest absolute Gasteiger partial charge is 0.352 e. The van der Waals surface area contributed by atoms with Crippen molar-refractivity contribution in [2.75, 3.05) is 14.1 Å². The van der Waals surface area contributed by atoms with Crippen molar-refractivity contribution in [3.8, 4) is 11.4 Å². The maximum Gasteiger partial charge on any atom is 0.194 e. The molecule has 0 amide bonds. The second-order valence-corrected chi connectivity index (χ2v) is 6.71. The molecule has 0 saturated carbocycles. The van der Waals surface area contributed by atoms with Crippen molar-refractivity contribution < 1.29 is 0 Å². The molecular formula is C17H21N7S. The third-order valence-corrected chi connectivity index (χ3v) is 4.53. The Morgan fingerprint density at radius 1 is 1.40 bits per heavy atom. The maximum absolute atomic E-state index is 4.50. The van der Waals surface area contributed by atoms with Gasteiger partial charge in [0.2, 0.25) is 0 Å². The fourth-order valence-corrected chi connectivity index (χ4v) is 3.14. The maximum atomic E-state index is 4.50. The van der Waals surface area contributed by atoms with Gasteiger partial charge in [-0.1, -0.05) is 18.2 Å². The van der Waals surface area contributed by atoms with Crippen molar-refractivity contribution in [1.29, 1.82) is 0 Å². The van der Waals surface area contributed by atoms with E-state index in [1.807, 2.05) is 26.1 Å². The van der Waals surface area contributed by atoms with Crippen LogP contribution in [-0.4, -0.2) is 45.1 Å². The molecule has 8 heteroatoms. The van der Waals surface area contributed by atoms with Gasteiger partial charge in [-0.05, 0) is 18.6 Å². The van der Waals surface area contributed by atoms with Crippen molar-refractivity contribution in [3.63, 3.8) is 0 Å². The van der Waals surface area contributed by atoms with E-state index >= 15 is 0 Å². The van der Waals surface area contributed by atoms with Gasteiger partial charge < -0.3 is 10.2 Å². The van der Waals surface area contributed by atoms with Crippen molar-refractivity contribution in [2.45, 2.75) is 20.0 Å². The first-order valence-electron chi connectivity index (χ1n) is 7.93. The van der Waals surface area contributed by atoms with Crippen molar-refractivity contribution in [3.05, 3.63) is 52.2 Å². The van der Waals surface area contributed by atoms with Gasteiger partial charge >= 0.3 is 0 Å². The molecule has 2 heterocycles. The number of hydrogen-bond donors (Lipinski definition) is 2. The average Bonchev–Trinajstić information content (AvgIpc) is 3.28. The van der Waals surface area contributed by atoms with Gasteiger partial charge in [0.25, 0.3) is 0 Å². The van der Waals surface area contributed by atoms with Gasteiger partial charge in [-0.25, -0.2) is 9.97 Å². The molecule has 25 heavy (non-hydrogen) atoms. The molecule has 0 atom stereocenters. The summed E-state index contributed by atoms with van der Waals surface area (Å²) in [6.45, 7) is 3.42. The van der Waals surface area contributed by atoms with E-state index in [4.69, 9.17) is 0 Å². The van der Waals surface area contributed by atoms with Gasteiger partial charge in [0.15, 0.2) is 11.8 Å². The van der Waals surface area contributed by atoms with Crippen LogP contribution < -0.4 is 5.32 Å². The number of nitrogens with zero attached hydrogens (tertiary/aromatic N) is 5. The van der Waals surface area contributed by atoms with E-state index in [0.717, 1.165) is 40.2 Å². The highest BCUT2D eigenvalue weighted by Crippen LogP contribution is 2.15. The highest BCUT2D eigenvalue weighted by atomic mass is 32.1. The topological polar surface area (TPSA) is 82.1 Å². The number of guanidine groups is 1. The molecule has 2 aromatic heterocycles. The molecule has 3 aromatic rings. The van der Waals surface area contributed by atoms with Crippen molar-refractivity contribution >= 4 is 17.3 Å². The summed E-state index contributed by atoms with van der Waals surface area (Å²) in [6, 6.07) is 8.18. The van der Waals surface area contributed by atoms with Crippen LogP contribution >= 0.6 is 11.3 Å². The van der Waals surface area contributed by atoms with E-state index in [1.165, 1.54) is 6.33 Å². The number of aliphatic imine (C=N–C) groups is 1. The minimum absolute atomic E-state index is 0.676. The molecule has 3 rings (SSSR count). The number of thiazole rings is 1. The van der Waals surface area contributed by atoms with E-state index in [9.17, 15) is 0 Å². The summed E-state index contributed by atoms with van der Waals surface area (Å²) in [5, 5.41) is 13.3. The molecule has 1 aromatic carbocycles. The van der Waals surface area contributed by atoms with Crippen LogP contribution in [0.1, 0.15) is 16.3 Å². The summed E-state index contributed by atoms with van der Waals surface area (Å²) in [7, 11) is 3.80. The Hall–Kier alpha value is -2.74. The van der Waals surface area contributed by atoms with Crippen LogP contribution in [0.3, 0.4) is 0 Å². The molecule has 2 N–H and O–H groups in total. The van der Waals surface area contributed by atoms with Gasteiger partial charge in [0, 0.05) is 31.6 Å². The van der Waals surface area contributed by atoms with E-state index in [1.54, 1.807) is 18.4 Å². The second-order valence-electron chi connectivity index (χ2n) is 5.65. The number of aromatic amines is 1. The van der Waals surface area contributed by atoms with Crippen LogP contribution in [0.4, 0.5) is 0 Å². The zero-order chi connectivity index (χ0) is 17.6. The first kappa shape index (κ1) is 17.1. The van der Waals surface area contributed by atoms with Gasteiger partial charge in [-0.2, -0.15) is 5.10 Å². The summed E-state index contributed by atoms with van der Waals surface area (Å²) in [5.74, 6) is 1.60. The van der Waals surface area contributed by atoms with Crippen molar-refractivity contribution in [2.24, 2.45) is 4.99 Å². The molecule has 0 unspecified atom stereocenters. The Bertz CT molecular complexity index is 838. The third-order valence-electron chi connectivity index (χ3n) is 3.71. The molecule has 0 aliphatic rings. The number of nitrogens with one attached hydrogen (secondary N) is 2. The first-order valence-corrected chi connectivity index (χ1v) is 8.81. The molecule has 0 radical (unpaired) electrons. The van der Waals surface area contributed by atoms with Gasteiger partial charge in [-0.15, -0.1) is 11.3 Å². The summed E-state index contributed by atoms with van der Waals surface area (Å²) in [4.78, 5) is 15.1. The molecule has 0 saturated heterocycles. The molecule has 0 fully saturated rings. The zero-order valence-corrected chi connectivity index (χ0v) is 15.3. The monoisotopic (exact) mass is 355 g/mol. The normalized spacial score (nSPS) is 11.6. The number of rotatable bonds is 5. The van der Waals surface area contributed by atoms with Crippen LogP contribution in [0.25, 0.3) is 11.4 Å². The van der Waals surface area contributed by atoms with Crippen LogP contribution in [-0.2, 0) is 13.1 Å². The predicted octanol–water partition coefficient (Wildman–Crippen LogP) is 2.44. The van der Waals surface area contributed by atoms with E-state index in [2.05, 4.69) is 52.9 Å². The molecular weight excluding hydrogens is 334 g/mol. The smallest absolute Gasteiger partial charge is 0.194 e. The fourth-order valence-electron chi connectivity index (χ4n) is 2.54. The summed E-state index contributed by atoms with van der Waals surface area (Å²) in [6.07, 6.45) is 1.51. The van der Waals surface area contributed by atoms with E-state index in [0.29, 0.717) is 6.54 Å². The van der Waals surface area contributed by atoms with Crippen LogP contribution in [0.5, 0.6) is 0 Å². The second kappa shape index (κ2) is 7.89.